The molecule has 2 aliphatic heterocycles. The predicted octanol–water partition coefficient (Wildman–Crippen LogP) is 2.99. The minimum Gasteiger partial charge on any atom is -0.353 e. The van der Waals surface area contributed by atoms with Crippen molar-refractivity contribution in [2.75, 3.05) is 26.2 Å². The molecule has 0 radical (unpaired) electrons. The van der Waals surface area contributed by atoms with Gasteiger partial charge in [-0.3, -0.25) is 9.69 Å². The lowest BCUT2D eigenvalue weighted by atomic mass is 10.0. The van der Waals surface area contributed by atoms with Gasteiger partial charge in [-0.2, -0.15) is 0 Å². The van der Waals surface area contributed by atoms with Gasteiger partial charge >= 0.3 is 0 Å². The molecule has 2 atom stereocenters. The maximum atomic E-state index is 12.3. The molecule has 2 saturated heterocycles. The van der Waals surface area contributed by atoms with Gasteiger partial charge in [-0.1, -0.05) is 12.5 Å². The van der Waals surface area contributed by atoms with Gasteiger partial charge in [0.2, 0.25) is 5.91 Å². The van der Waals surface area contributed by atoms with E-state index >= 15 is 0 Å². The third-order valence-corrected chi connectivity index (χ3v) is 5.52. The SMILES string of the molecule is Cl.Cl.O=C(NCC(c1cccs1)N1CCCC1)C1CCCCN1. The van der Waals surface area contributed by atoms with Gasteiger partial charge in [0, 0.05) is 11.4 Å². The van der Waals surface area contributed by atoms with Crippen LogP contribution in [0.5, 0.6) is 0 Å². The second-order valence-corrected chi connectivity index (χ2v) is 7.00. The van der Waals surface area contributed by atoms with Crippen LogP contribution in [0, 0.1) is 0 Å². The Bertz CT molecular complexity index is 446. The number of rotatable bonds is 5. The standard InChI is InChI=1S/C16H25N3OS.2ClH/c20-16(13-6-1-2-8-17-13)18-12-14(15-7-5-11-21-15)19-9-3-4-10-19;;/h5,7,11,13-14,17H,1-4,6,8-10,12H2,(H,18,20);2*1H. The summed E-state index contributed by atoms with van der Waals surface area (Å²) in [6, 6.07) is 4.66. The Morgan fingerprint density at radius 2 is 2.09 bits per heavy atom. The summed E-state index contributed by atoms with van der Waals surface area (Å²) in [6.07, 6.45) is 5.88. The van der Waals surface area contributed by atoms with E-state index in [4.69, 9.17) is 0 Å². The van der Waals surface area contributed by atoms with Crippen molar-refractivity contribution >= 4 is 42.1 Å². The Hall–Kier alpha value is -0.330. The van der Waals surface area contributed by atoms with E-state index in [1.54, 1.807) is 11.3 Å². The van der Waals surface area contributed by atoms with E-state index in [9.17, 15) is 4.79 Å². The molecule has 2 aliphatic rings. The molecule has 1 aromatic rings. The average molecular weight is 380 g/mol. The first-order valence-corrected chi connectivity index (χ1v) is 9.01. The molecule has 23 heavy (non-hydrogen) atoms. The molecule has 1 aromatic heterocycles. The first-order chi connectivity index (χ1) is 10.3. The summed E-state index contributed by atoms with van der Waals surface area (Å²) in [5.41, 5.74) is 0. The van der Waals surface area contributed by atoms with Crippen LogP contribution < -0.4 is 10.6 Å². The Kier molecular flexibility index (Phi) is 9.47. The third-order valence-electron chi connectivity index (χ3n) is 4.55. The number of nitrogens with one attached hydrogen (secondary N) is 2. The lowest BCUT2D eigenvalue weighted by Gasteiger charge is -2.28. The highest BCUT2D eigenvalue weighted by atomic mass is 35.5. The van der Waals surface area contributed by atoms with Crippen molar-refractivity contribution in [2.24, 2.45) is 0 Å². The van der Waals surface area contributed by atoms with Gasteiger partial charge < -0.3 is 10.6 Å². The van der Waals surface area contributed by atoms with Crippen molar-refractivity contribution in [1.29, 1.82) is 0 Å². The van der Waals surface area contributed by atoms with E-state index < -0.39 is 0 Å². The lowest BCUT2D eigenvalue weighted by Crippen LogP contribution is -2.48. The molecule has 0 aromatic carbocycles. The van der Waals surface area contributed by atoms with Gasteiger partial charge in [-0.05, 0) is 56.8 Å². The Morgan fingerprint density at radius 3 is 2.70 bits per heavy atom. The quantitative estimate of drug-likeness (QED) is 0.826. The molecular weight excluding hydrogens is 353 g/mol. The van der Waals surface area contributed by atoms with E-state index in [1.807, 2.05) is 0 Å². The summed E-state index contributed by atoms with van der Waals surface area (Å²) in [5.74, 6) is 0.176. The zero-order chi connectivity index (χ0) is 14.5. The number of carbonyl (C=O) groups excluding carboxylic acids is 1. The average Bonchev–Trinajstić information content (AvgIpc) is 3.22. The van der Waals surface area contributed by atoms with E-state index in [-0.39, 0.29) is 36.8 Å². The molecule has 3 heterocycles. The van der Waals surface area contributed by atoms with Crippen LogP contribution in [0.25, 0.3) is 0 Å². The van der Waals surface area contributed by atoms with E-state index in [0.717, 1.165) is 39.0 Å². The number of likely N-dealkylation sites (tertiary alicyclic amines) is 1. The number of carbonyl (C=O) groups is 1. The summed E-state index contributed by atoms with van der Waals surface area (Å²) in [5, 5.41) is 8.63. The zero-order valence-corrected chi connectivity index (χ0v) is 15.8. The Balaban J connectivity index is 0.00000132. The maximum absolute atomic E-state index is 12.3. The number of halogens is 2. The number of amides is 1. The van der Waals surface area contributed by atoms with Gasteiger partial charge in [0.1, 0.15) is 0 Å². The highest BCUT2D eigenvalue weighted by Gasteiger charge is 2.26. The van der Waals surface area contributed by atoms with Crippen molar-refractivity contribution in [3.05, 3.63) is 22.4 Å². The summed E-state index contributed by atoms with van der Waals surface area (Å²) in [6.45, 7) is 4.01. The minimum absolute atomic E-state index is 0. The van der Waals surface area contributed by atoms with Gasteiger partial charge in [0.05, 0.1) is 12.1 Å². The highest BCUT2D eigenvalue weighted by molar-refractivity contribution is 7.10. The molecule has 0 aliphatic carbocycles. The van der Waals surface area contributed by atoms with Crippen molar-refractivity contribution < 1.29 is 4.79 Å². The van der Waals surface area contributed by atoms with Crippen LogP contribution in [0.4, 0.5) is 0 Å². The monoisotopic (exact) mass is 379 g/mol. The summed E-state index contributed by atoms with van der Waals surface area (Å²) in [4.78, 5) is 16.2. The van der Waals surface area contributed by atoms with Crippen LogP contribution in [0.15, 0.2) is 17.5 Å². The highest BCUT2D eigenvalue weighted by Crippen LogP contribution is 2.27. The summed E-state index contributed by atoms with van der Waals surface area (Å²) >= 11 is 1.80. The number of thiophene rings is 1. The van der Waals surface area contributed by atoms with Crippen LogP contribution in [0.3, 0.4) is 0 Å². The first-order valence-electron chi connectivity index (χ1n) is 8.13. The van der Waals surface area contributed by atoms with Crippen molar-refractivity contribution in [1.82, 2.24) is 15.5 Å². The first kappa shape index (κ1) is 20.7. The van der Waals surface area contributed by atoms with Crippen molar-refractivity contribution in [3.63, 3.8) is 0 Å². The van der Waals surface area contributed by atoms with Crippen molar-refractivity contribution in [2.45, 2.75) is 44.2 Å². The van der Waals surface area contributed by atoms with Crippen LogP contribution in [0.1, 0.15) is 43.0 Å². The molecule has 0 saturated carbocycles. The third kappa shape index (κ3) is 5.61. The number of hydrogen-bond acceptors (Lipinski definition) is 4. The predicted molar refractivity (Wildman–Crippen MR) is 101 cm³/mol. The van der Waals surface area contributed by atoms with E-state index in [2.05, 4.69) is 33.0 Å². The van der Waals surface area contributed by atoms with E-state index in [1.165, 1.54) is 24.1 Å². The molecule has 2 unspecified atom stereocenters. The van der Waals surface area contributed by atoms with Gasteiger partial charge in [-0.25, -0.2) is 0 Å². The van der Waals surface area contributed by atoms with Crippen LogP contribution in [0.2, 0.25) is 0 Å². The summed E-state index contributed by atoms with van der Waals surface area (Å²) < 4.78 is 0. The Morgan fingerprint density at radius 1 is 1.30 bits per heavy atom. The second-order valence-electron chi connectivity index (χ2n) is 6.02. The molecule has 2 fully saturated rings. The zero-order valence-electron chi connectivity index (χ0n) is 13.3. The molecule has 132 valence electrons. The van der Waals surface area contributed by atoms with Crippen molar-refractivity contribution in [3.8, 4) is 0 Å². The molecule has 0 spiro atoms. The molecule has 3 rings (SSSR count). The minimum atomic E-state index is 0. The number of hydrogen-bond donors (Lipinski definition) is 2. The fourth-order valence-corrected chi connectivity index (χ4v) is 4.20. The topological polar surface area (TPSA) is 44.4 Å². The van der Waals surface area contributed by atoms with Gasteiger partial charge in [0.25, 0.3) is 0 Å². The fourth-order valence-electron chi connectivity index (χ4n) is 3.34. The van der Waals surface area contributed by atoms with E-state index in [0.29, 0.717) is 6.04 Å². The molecular formula is C16H27Cl2N3OS. The molecule has 1 amide bonds. The normalized spacial score (nSPS) is 22.7. The summed E-state index contributed by atoms with van der Waals surface area (Å²) in [7, 11) is 0. The largest absolute Gasteiger partial charge is 0.353 e. The maximum Gasteiger partial charge on any atom is 0.237 e. The van der Waals surface area contributed by atoms with Gasteiger partial charge in [0.15, 0.2) is 0 Å². The lowest BCUT2D eigenvalue weighted by molar-refractivity contribution is -0.123. The smallest absolute Gasteiger partial charge is 0.237 e. The van der Waals surface area contributed by atoms with Crippen LogP contribution in [-0.2, 0) is 4.79 Å². The molecule has 2 N–H and O–H groups in total. The number of nitrogens with zero attached hydrogens (tertiary/aromatic N) is 1. The fraction of sp³-hybridized carbons (Fsp3) is 0.688. The molecule has 4 nitrogen and oxygen atoms in total. The van der Waals surface area contributed by atoms with Crippen LogP contribution >= 0.6 is 36.2 Å². The molecule has 0 bridgehead atoms. The van der Waals surface area contributed by atoms with Gasteiger partial charge in [-0.15, -0.1) is 36.2 Å². The number of piperidine rings is 1. The van der Waals surface area contributed by atoms with Crippen LogP contribution in [-0.4, -0.2) is 43.0 Å². The second kappa shape index (κ2) is 10.5. The Labute approximate surface area is 155 Å². The molecule has 7 heteroatoms.